The smallest absolute Gasteiger partial charge is 0.328 e. The van der Waals surface area contributed by atoms with Gasteiger partial charge in [-0.15, -0.1) is 11.3 Å². The van der Waals surface area contributed by atoms with E-state index in [0.29, 0.717) is 29.6 Å². The van der Waals surface area contributed by atoms with Crippen molar-refractivity contribution in [1.82, 2.24) is 14.5 Å². The van der Waals surface area contributed by atoms with Crippen molar-refractivity contribution in [2.75, 3.05) is 6.54 Å². The number of nitrogens with one attached hydrogen (secondary N) is 1. The van der Waals surface area contributed by atoms with Crippen LogP contribution in [0.4, 0.5) is 0 Å². The average Bonchev–Trinajstić information content (AvgIpc) is 3.12. The van der Waals surface area contributed by atoms with Crippen LogP contribution in [0.2, 0.25) is 0 Å². The minimum Gasteiger partial charge on any atom is -0.338 e. The number of hydrogen-bond donors (Lipinski definition) is 1. The third kappa shape index (κ3) is 3.10. The van der Waals surface area contributed by atoms with Crippen LogP contribution in [-0.2, 0) is 24.3 Å². The van der Waals surface area contributed by atoms with Crippen LogP contribution >= 0.6 is 11.3 Å². The number of amides is 1. The molecular formula is C19H19N3O3S. The molecule has 7 heteroatoms. The van der Waals surface area contributed by atoms with Gasteiger partial charge in [0.25, 0.3) is 5.56 Å². The molecule has 0 unspecified atom stereocenters. The molecule has 2 aromatic heterocycles. The maximum absolute atomic E-state index is 12.5. The molecule has 0 atom stereocenters. The van der Waals surface area contributed by atoms with Crippen LogP contribution in [0.25, 0.3) is 10.2 Å². The summed E-state index contributed by atoms with van der Waals surface area (Å²) in [5.41, 5.74) is 2.38. The number of thiophene rings is 1. The quantitative estimate of drug-likeness (QED) is 0.765. The summed E-state index contributed by atoms with van der Waals surface area (Å²) in [4.78, 5) is 41.5. The highest BCUT2D eigenvalue weighted by Gasteiger charge is 2.20. The Labute approximate surface area is 153 Å². The van der Waals surface area contributed by atoms with Crippen molar-refractivity contribution in [3.8, 4) is 0 Å². The van der Waals surface area contributed by atoms with Crippen LogP contribution in [0.15, 0.2) is 45.3 Å². The first-order valence-electron chi connectivity index (χ1n) is 8.68. The third-order valence-corrected chi connectivity index (χ3v) is 5.75. The number of hydrogen-bond acceptors (Lipinski definition) is 4. The van der Waals surface area contributed by atoms with E-state index in [0.717, 1.165) is 13.0 Å². The number of nitrogens with zero attached hydrogens (tertiary/aromatic N) is 2. The van der Waals surface area contributed by atoms with Crippen LogP contribution in [0.3, 0.4) is 0 Å². The molecular weight excluding hydrogens is 350 g/mol. The standard InChI is InChI=1S/C19H19N3O3S/c23-16(21-10-7-13-4-1-2-5-14(13)12-21)6-3-9-22-18(24)17-15(8-11-26-17)20-19(22)25/h1-2,4-5,8,11H,3,6-7,9-10,12H2,(H,20,25). The molecule has 1 amide bonds. The van der Waals surface area contributed by atoms with Gasteiger partial charge in [-0.25, -0.2) is 4.79 Å². The molecule has 134 valence electrons. The molecule has 1 aliphatic heterocycles. The fourth-order valence-corrected chi connectivity index (χ4v) is 4.23. The topological polar surface area (TPSA) is 75.2 Å². The number of carbonyl (C=O) groups is 1. The van der Waals surface area contributed by atoms with Gasteiger partial charge in [-0.1, -0.05) is 24.3 Å². The molecule has 0 saturated carbocycles. The van der Waals surface area contributed by atoms with Crippen LogP contribution in [0.5, 0.6) is 0 Å². The third-order valence-electron chi connectivity index (χ3n) is 4.85. The molecule has 3 heterocycles. The van der Waals surface area contributed by atoms with Gasteiger partial charge in [0.05, 0.1) is 5.52 Å². The summed E-state index contributed by atoms with van der Waals surface area (Å²) in [6.07, 6.45) is 1.67. The highest BCUT2D eigenvalue weighted by Crippen LogP contribution is 2.19. The van der Waals surface area contributed by atoms with Gasteiger partial charge in [0.1, 0.15) is 4.70 Å². The van der Waals surface area contributed by atoms with Gasteiger partial charge in [-0.2, -0.15) is 0 Å². The minimum atomic E-state index is -0.416. The molecule has 26 heavy (non-hydrogen) atoms. The van der Waals surface area contributed by atoms with Crippen molar-refractivity contribution in [1.29, 1.82) is 0 Å². The van der Waals surface area contributed by atoms with E-state index in [1.165, 1.54) is 27.0 Å². The Morgan fingerprint density at radius 3 is 2.81 bits per heavy atom. The van der Waals surface area contributed by atoms with E-state index in [1.54, 1.807) is 11.4 Å². The van der Waals surface area contributed by atoms with E-state index in [9.17, 15) is 14.4 Å². The van der Waals surface area contributed by atoms with Crippen LogP contribution in [0.1, 0.15) is 24.0 Å². The van der Waals surface area contributed by atoms with E-state index in [2.05, 4.69) is 17.1 Å². The lowest BCUT2D eigenvalue weighted by Crippen LogP contribution is -2.37. The maximum atomic E-state index is 12.5. The van der Waals surface area contributed by atoms with Crippen molar-refractivity contribution in [2.45, 2.75) is 32.4 Å². The zero-order valence-electron chi connectivity index (χ0n) is 14.2. The molecule has 0 spiro atoms. The first-order chi connectivity index (χ1) is 12.6. The highest BCUT2D eigenvalue weighted by molar-refractivity contribution is 7.17. The Balaban J connectivity index is 1.40. The van der Waals surface area contributed by atoms with Gasteiger partial charge in [-0.05, 0) is 35.4 Å². The number of benzene rings is 1. The lowest BCUT2D eigenvalue weighted by atomic mass is 9.99. The highest BCUT2D eigenvalue weighted by atomic mass is 32.1. The normalized spacial score (nSPS) is 13.8. The number of carbonyl (C=O) groups excluding carboxylic acids is 1. The van der Waals surface area contributed by atoms with Gasteiger partial charge in [0, 0.05) is 26.1 Å². The van der Waals surface area contributed by atoms with Gasteiger partial charge in [0.15, 0.2) is 0 Å². The molecule has 6 nitrogen and oxygen atoms in total. The zero-order chi connectivity index (χ0) is 18.1. The van der Waals surface area contributed by atoms with Crippen molar-refractivity contribution in [2.24, 2.45) is 0 Å². The summed E-state index contributed by atoms with van der Waals surface area (Å²) < 4.78 is 1.74. The Hall–Kier alpha value is -2.67. The Morgan fingerprint density at radius 1 is 1.15 bits per heavy atom. The predicted molar refractivity (Wildman–Crippen MR) is 102 cm³/mol. The van der Waals surface area contributed by atoms with Crippen molar-refractivity contribution in [3.63, 3.8) is 0 Å². The number of H-pyrrole nitrogens is 1. The van der Waals surface area contributed by atoms with Crippen LogP contribution in [0, 0.1) is 0 Å². The second-order valence-corrected chi connectivity index (χ2v) is 7.40. The molecule has 0 aliphatic carbocycles. The zero-order valence-corrected chi connectivity index (χ0v) is 15.1. The molecule has 0 bridgehead atoms. The first-order valence-corrected chi connectivity index (χ1v) is 9.56. The predicted octanol–water partition coefficient (Wildman–Crippen LogP) is 2.12. The van der Waals surface area contributed by atoms with Gasteiger partial charge in [-0.3, -0.25) is 14.2 Å². The number of fused-ring (bicyclic) bond motifs is 2. The summed E-state index contributed by atoms with van der Waals surface area (Å²) >= 11 is 1.31. The summed E-state index contributed by atoms with van der Waals surface area (Å²) in [7, 11) is 0. The minimum absolute atomic E-state index is 0.0705. The van der Waals surface area contributed by atoms with Crippen molar-refractivity contribution >= 4 is 27.5 Å². The van der Waals surface area contributed by atoms with E-state index in [-0.39, 0.29) is 18.0 Å². The Morgan fingerprint density at radius 2 is 1.96 bits per heavy atom. The molecule has 1 aliphatic rings. The Kier molecular flexibility index (Phi) is 4.46. The number of aromatic amines is 1. The second-order valence-electron chi connectivity index (χ2n) is 6.49. The van der Waals surface area contributed by atoms with Gasteiger partial charge < -0.3 is 9.88 Å². The van der Waals surface area contributed by atoms with Gasteiger partial charge >= 0.3 is 5.69 Å². The largest absolute Gasteiger partial charge is 0.338 e. The van der Waals surface area contributed by atoms with Crippen LogP contribution < -0.4 is 11.2 Å². The van der Waals surface area contributed by atoms with Crippen molar-refractivity contribution < 1.29 is 4.79 Å². The molecule has 4 rings (SSSR count). The molecule has 3 aromatic rings. The first kappa shape index (κ1) is 16.8. The van der Waals surface area contributed by atoms with E-state index in [1.807, 2.05) is 17.0 Å². The fourth-order valence-electron chi connectivity index (χ4n) is 3.43. The molecule has 0 saturated heterocycles. The molecule has 0 fully saturated rings. The van der Waals surface area contributed by atoms with E-state index < -0.39 is 5.69 Å². The lowest BCUT2D eigenvalue weighted by Gasteiger charge is -2.29. The monoisotopic (exact) mass is 369 g/mol. The van der Waals surface area contributed by atoms with E-state index >= 15 is 0 Å². The van der Waals surface area contributed by atoms with Crippen molar-refractivity contribution in [3.05, 3.63) is 67.7 Å². The summed E-state index contributed by atoms with van der Waals surface area (Å²) in [5, 5.41) is 1.78. The fraction of sp³-hybridized carbons (Fsp3) is 0.316. The van der Waals surface area contributed by atoms with Crippen LogP contribution in [-0.4, -0.2) is 26.9 Å². The number of rotatable bonds is 4. The summed E-state index contributed by atoms with van der Waals surface area (Å²) in [5.74, 6) is 0.0705. The van der Waals surface area contributed by atoms with E-state index in [4.69, 9.17) is 0 Å². The second kappa shape index (κ2) is 6.92. The summed E-state index contributed by atoms with van der Waals surface area (Å²) in [6.45, 7) is 1.60. The van der Waals surface area contributed by atoms with Gasteiger partial charge in [0.2, 0.25) is 5.91 Å². The molecule has 1 N–H and O–H groups in total. The Bertz CT molecular complexity index is 1080. The maximum Gasteiger partial charge on any atom is 0.328 e. The number of aromatic nitrogens is 2. The summed E-state index contributed by atoms with van der Waals surface area (Å²) in [6, 6.07) is 9.91. The molecule has 1 aromatic carbocycles. The average molecular weight is 369 g/mol. The lowest BCUT2D eigenvalue weighted by molar-refractivity contribution is -0.132. The molecule has 0 radical (unpaired) electrons. The SMILES string of the molecule is O=C(CCCn1c(=O)[nH]c2ccsc2c1=O)N1CCc2ccccc2C1.